The molecule has 1 rings (SSSR count). The summed E-state index contributed by atoms with van der Waals surface area (Å²) in [5, 5.41) is 15.3. The van der Waals surface area contributed by atoms with Crippen LogP contribution in [0.3, 0.4) is 0 Å². The maximum absolute atomic E-state index is 11.9. The van der Waals surface area contributed by atoms with Crippen LogP contribution in [-0.4, -0.2) is 18.0 Å². The Labute approximate surface area is 141 Å². The predicted octanol–water partition coefficient (Wildman–Crippen LogP) is 4.18. The average Bonchev–Trinajstić information content (AvgIpc) is 2.49. The summed E-state index contributed by atoms with van der Waals surface area (Å²) in [7, 11) is 0. The third kappa shape index (κ3) is 9.28. The molecular formula is C19H33N3O. The fourth-order valence-electron chi connectivity index (χ4n) is 3.02. The minimum Gasteiger partial charge on any atom is -0.387 e. The molecule has 0 aromatic carbocycles. The second-order valence-electron chi connectivity index (χ2n) is 6.92. The van der Waals surface area contributed by atoms with Gasteiger partial charge in [-0.1, -0.05) is 57.8 Å². The Bertz CT molecular complexity index is 397. The van der Waals surface area contributed by atoms with Crippen LogP contribution >= 0.6 is 0 Å². The first-order valence-electron chi connectivity index (χ1n) is 9.30. The Hall–Kier alpha value is -1.50. The number of hydrogen-bond acceptors (Lipinski definition) is 3. The lowest BCUT2D eigenvalue weighted by Crippen LogP contribution is -2.32. The van der Waals surface area contributed by atoms with Crippen molar-refractivity contribution < 1.29 is 4.79 Å². The summed E-state index contributed by atoms with van der Waals surface area (Å²) in [5.74, 6) is -0.289. The lowest BCUT2D eigenvalue weighted by molar-refractivity contribution is -0.117. The van der Waals surface area contributed by atoms with Gasteiger partial charge in [0.25, 0.3) is 5.91 Å². The van der Waals surface area contributed by atoms with Gasteiger partial charge >= 0.3 is 0 Å². The minimum absolute atomic E-state index is 0.0422. The quantitative estimate of drug-likeness (QED) is 0.603. The summed E-state index contributed by atoms with van der Waals surface area (Å²) in [6.45, 7) is 3.79. The van der Waals surface area contributed by atoms with Crippen molar-refractivity contribution in [3.63, 3.8) is 0 Å². The van der Waals surface area contributed by atoms with Crippen molar-refractivity contribution in [1.82, 2.24) is 10.6 Å². The predicted molar refractivity (Wildman–Crippen MR) is 94.7 cm³/mol. The van der Waals surface area contributed by atoms with E-state index in [9.17, 15) is 10.1 Å². The molecule has 0 unspecified atom stereocenters. The SMILES string of the molecule is CC(C)NC(=O)/C(C#N)=C\NC1CCCCCCCCCCC1. The summed E-state index contributed by atoms with van der Waals surface area (Å²) in [6, 6.07) is 2.42. The minimum atomic E-state index is -0.289. The molecule has 0 aromatic heterocycles. The first kappa shape index (κ1) is 19.5. The van der Waals surface area contributed by atoms with Crippen LogP contribution in [0.25, 0.3) is 0 Å². The van der Waals surface area contributed by atoms with E-state index in [4.69, 9.17) is 0 Å². The van der Waals surface area contributed by atoms with Crippen LogP contribution in [-0.2, 0) is 4.79 Å². The van der Waals surface area contributed by atoms with Gasteiger partial charge < -0.3 is 10.6 Å². The highest BCUT2D eigenvalue weighted by Gasteiger charge is 2.12. The molecule has 23 heavy (non-hydrogen) atoms. The monoisotopic (exact) mass is 319 g/mol. The zero-order valence-electron chi connectivity index (χ0n) is 14.9. The third-order valence-corrected chi connectivity index (χ3v) is 4.35. The van der Waals surface area contributed by atoms with Crippen LogP contribution < -0.4 is 10.6 Å². The second kappa shape index (κ2) is 12.0. The topological polar surface area (TPSA) is 64.9 Å². The lowest BCUT2D eigenvalue weighted by atomic mass is 9.98. The van der Waals surface area contributed by atoms with Crippen LogP contribution in [0.2, 0.25) is 0 Å². The van der Waals surface area contributed by atoms with Gasteiger partial charge in [0, 0.05) is 18.3 Å². The highest BCUT2D eigenvalue weighted by Crippen LogP contribution is 2.17. The fourth-order valence-corrected chi connectivity index (χ4v) is 3.02. The van der Waals surface area contributed by atoms with E-state index < -0.39 is 0 Å². The van der Waals surface area contributed by atoms with Gasteiger partial charge in [-0.15, -0.1) is 0 Å². The molecule has 1 aliphatic carbocycles. The van der Waals surface area contributed by atoms with E-state index in [-0.39, 0.29) is 17.5 Å². The normalized spacial score (nSPS) is 19.3. The van der Waals surface area contributed by atoms with Crippen LogP contribution in [0, 0.1) is 11.3 Å². The summed E-state index contributed by atoms with van der Waals surface area (Å²) in [6.07, 6.45) is 15.7. The summed E-state index contributed by atoms with van der Waals surface area (Å²) in [4.78, 5) is 11.9. The molecule has 1 aliphatic rings. The van der Waals surface area contributed by atoms with Crippen LogP contribution in [0.15, 0.2) is 11.8 Å². The van der Waals surface area contributed by atoms with E-state index in [0.717, 1.165) is 12.8 Å². The summed E-state index contributed by atoms with van der Waals surface area (Å²) >= 11 is 0. The zero-order chi connectivity index (χ0) is 16.9. The Morgan fingerprint density at radius 1 is 1.00 bits per heavy atom. The summed E-state index contributed by atoms with van der Waals surface area (Å²) < 4.78 is 0. The molecule has 4 heteroatoms. The zero-order valence-corrected chi connectivity index (χ0v) is 14.9. The second-order valence-corrected chi connectivity index (χ2v) is 6.92. The van der Waals surface area contributed by atoms with E-state index in [1.165, 1.54) is 57.8 Å². The van der Waals surface area contributed by atoms with Crippen molar-refractivity contribution in [3.05, 3.63) is 11.8 Å². The maximum Gasteiger partial charge on any atom is 0.263 e. The van der Waals surface area contributed by atoms with Gasteiger partial charge in [0.05, 0.1) is 0 Å². The largest absolute Gasteiger partial charge is 0.387 e. The molecule has 4 nitrogen and oxygen atoms in total. The van der Waals surface area contributed by atoms with Crippen molar-refractivity contribution in [2.75, 3.05) is 0 Å². The number of nitriles is 1. The molecule has 0 aliphatic heterocycles. The maximum atomic E-state index is 11.9. The molecule has 1 fully saturated rings. The standard InChI is InChI=1S/C19H33N3O/c1-16(2)22-19(23)17(14-20)15-21-18-12-10-8-6-4-3-5-7-9-11-13-18/h15-16,18,21H,3-13H2,1-2H3,(H,22,23)/b17-15-. The molecule has 0 spiro atoms. The molecule has 2 N–H and O–H groups in total. The molecule has 0 aromatic rings. The number of carbonyl (C=O) groups excluding carboxylic acids is 1. The molecule has 0 heterocycles. The van der Waals surface area contributed by atoms with Gasteiger partial charge in [0.1, 0.15) is 11.6 Å². The highest BCUT2D eigenvalue weighted by molar-refractivity contribution is 5.97. The highest BCUT2D eigenvalue weighted by atomic mass is 16.1. The molecule has 1 amide bonds. The lowest BCUT2D eigenvalue weighted by Gasteiger charge is -2.18. The van der Waals surface area contributed by atoms with Crippen molar-refractivity contribution in [1.29, 1.82) is 5.26 Å². The molecular weight excluding hydrogens is 286 g/mol. The Kier molecular flexibility index (Phi) is 10.2. The first-order chi connectivity index (χ1) is 11.1. The van der Waals surface area contributed by atoms with Gasteiger partial charge in [-0.25, -0.2) is 0 Å². The van der Waals surface area contributed by atoms with Crippen molar-refractivity contribution >= 4 is 5.91 Å². The Balaban J connectivity index is 2.53. The van der Waals surface area contributed by atoms with Crippen molar-refractivity contribution in [2.24, 2.45) is 0 Å². The van der Waals surface area contributed by atoms with Gasteiger partial charge in [0.15, 0.2) is 0 Å². The van der Waals surface area contributed by atoms with Gasteiger partial charge in [-0.05, 0) is 26.7 Å². The van der Waals surface area contributed by atoms with Gasteiger partial charge in [0.2, 0.25) is 0 Å². The number of hydrogen-bond donors (Lipinski definition) is 2. The Morgan fingerprint density at radius 3 is 1.91 bits per heavy atom. The molecule has 0 atom stereocenters. The third-order valence-electron chi connectivity index (χ3n) is 4.35. The fraction of sp³-hybridized carbons (Fsp3) is 0.789. The van der Waals surface area contributed by atoms with Crippen LogP contribution in [0.4, 0.5) is 0 Å². The van der Waals surface area contributed by atoms with Gasteiger partial charge in [-0.2, -0.15) is 5.26 Å². The number of nitrogens with one attached hydrogen (secondary N) is 2. The van der Waals surface area contributed by atoms with Gasteiger partial charge in [-0.3, -0.25) is 4.79 Å². The number of carbonyl (C=O) groups is 1. The Morgan fingerprint density at radius 2 is 1.48 bits per heavy atom. The molecule has 0 bridgehead atoms. The molecule has 0 saturated heterocycles. The molecule has 130 valence electrons. The van der Waals surface area contributed by atoms with Crippen LogP contribution in [0.5, 0.6) is 0 Å². The average molecular weight is 319 g/mol. The number of amides is 1. The summed E-state index contributed by atoms with van der Waals surface area (Å²) in [5.41, 5.74) is 0.171. The number of nitrogens with zero attached hydrogens (tertiary/aromatic N) is 1. The van der Waals surface area contributed by atoms with E-state index >= 15 is 0 Å². The van der Waals surface area contributed by atoms with Crippen LogP contribution in [0.1, 0.15) is 84.5 Å². The number of rotatable bonds is 4. The van der Waals surface area contributed by atoms with E-state index in [0.29, 0.717) is 6.04 Å². The van der Waals surface area contributed by atoms with E-state index in [1.54, 1.807) is 6.20 Å². The first-order valence-corrected chi connectivity index (χ1v) is 9.30. The van der Waals surface area contributed by atoms with Crippen molar-refractivity contribution in [3.8, 4) is 6.07 Å². The van der Waals surface area contributed by atoms with Crippen molar-refractivity contribution in [2.45, 2.75) is 96.6 Å². The molecule has 0 radical (unpaired) electrons. The van der Waals surface area contributed by atoms with E-state index in [2.05, 4.69) is 10.6 Å². The van der Waals surface area contributed by atoms with E-state index in [1.807, 2.05) is 19.9 Å². The molecule has 1 saturated carbocycles. The smallest absolute Gasteiger partial charge is 0.263 e.